The molecular formula is C18H20ClN3O3. The van der Waals surface area contributed by atoms with Crippen LogP contribution >= 0.6 is 11.6 Å². The van der Waals surface area contributed by atoms with E-state index in [9.17, 15) is 9.59 Å². The molecule has 1 aromatic heterocycles. The van der Waals surface area contributed by atoms with Gasteiger partial charge in [0.05, 0.1) is 17.6 Å². The summed E-state index contributed by atoms with van der Waals surface area (Å²) in [6, 6.07) is 8.16. The molecule has 4 N–H and O–H groups in total. The third kappa shape index (κ3) is 4.41. The molecule has 0 radical (unpaired) electrons. The first-order valence-electron chi connectivity index (χ1n) is 8.24. The second-order valence-corrected chi connectivity index (χ2v) is 6.67. The van der Waals surface area contributed by atoms with Crippen LogP contribution in [-0.4, -0.2) is 17.9 Å². The molecule has 3 rings (SSSR count). The predicted molar refractivity (Wildman–Crippen MR) is 96.7 cm³/mol. The third-order valence-corrected chi connectivity index (χ3v) is 4.55. The van der Waals surface area contributed by atoms with Gasteiger partial charge in [0, 0.05) is 17.0 Å². The van der Waals surface area contributed by atoms with E-state index in [0.29, 0.717) is 22.8 Å². The molecular weight excluding hydrogens is 342 g/mol. The molecule has 2 amide bonds. The number of rotatable bonds is 4. The lowest BCUT2D eigenvalue weighted by Crippen LogP contribution is -2.34. The van der Waals surface area contributed by atoms with Crippen molar-refractivity contribution in [3.63, 3.8) is 0 Å². The van der Waals surface area contributed by atoms with Crippen molar-refractivity contribution in [2.75, 3.05) is 10.6 Å². The number of amides is 2. The van der Waals surface area contributed by atoms with Crippen LogP contribution in [0, 0.1) is 5.92 Å². The van der Waals surface area contributed by atoms with Crippen LogP contribution in [0.3, 0.4) is 0 Å². The Labute approximate surface area is 150 Å². The van der Waals surface area contributed by atoms with Gasteiger partial charge >= 0.3 is 0 Å². The van der Waals surface area contributed by atoms with Crippen molar-refractivity contribution in [1.29, 1.82) is 0 Å². The number of carbonyl (C=O) groups is 2. The standard InChI is InChI=1S/C18H20ClN3O3/c19-12-6-7-14(21-17(23)11-3-1-4-13(20)9-11)15(10-12)22-18(24)16-5-2-8-25-16/h2,5-8,10-11,13H,1,3-4,9,20H2,(H,21,23)(H,22,24). The molecule has 6 nitrogen and oxygen atoms in total. The third-order valence-electron chi connectivity index (χ3n) is 4.32. The van der Waals surface area contributed by atoms with Crippen molar-refractivity contribution in [1.82, 2.24) is 0 Å². The summed E-state index contributed by atoms with van der Waals surface area (Å²) in [5.74, 6) is -0.447. The zero-order valence-electron chi connectivity index (χ0n) is 13.6. The first-order chi connectivity index (χ1) is 12.0. The second-order valence-electron chi connectivity index (χ2n) is 6.23. The van der Waals surface area contributed by atoms with E-state index >= 15 is 0 Å². The first kappa shape index (κ1) is 17.5. The molecule has 132 valence electrons. The fourth-order valence-corrected chi connectivity index (χ4v) is 3.19. The van der Waals surface area contributed by atoms with E-state index < -0.39 is 5.91 Å². The van der Waals surface area contributed by atoms with Crippen LogP contribution in [0.15, 0.2) is 41.0 Å². The highest BCUT2D eigenvalue weighted by molar-refractivity contribution is 6.31. The molecule has 1 aliphatic carbocycles. The molecule has 1 aromatic carbocycles. The summed E-state index contributed by atoms with van der Waals surface area (Å²) in [6.07, 6.45) is 4.81. The molecule has 1 fully saturated rings. The van der Waals surface area contributed by atoms with Crippen LogP contribution < -0.4 is 16.4 Å². The van der Waals surface area contributed by atoms with E-state index in [4.69, 9.17) is 21.8 Å². The normalized spacial score (nSPS) is 20.1. The average molecular weight is 362 g/mol. The Kier molecular flexibility index (Phi) is 5.40. The number of hydrogen-bond acceptors (Lipinski definition) is 4. The quantitative estimate of drug-likeness (QED) is 0.774. The van der Waals surface area contributed by atoms with Gasteiger partial charge in [-0.2, -0.15) is 0 Å². The number of anilines is 2. The Morgan fingerprint density at radius 3 is 2.72 bits per heavy atom. The van der Waals surface area contributed by atoms with E-state index in [1.807, 2.05) is 0 Å². The maximum atomic E-state index is 12.5. The lowest BCUT2D eigenvalue weighted by molar-refractivity contribution is -0.120. The maximum Gasteiger partial charge on any atom is 0.291 e. The second kappa shape index (κ2) is 7.72. The van der Waals surface area contributed by atoms with Crippen molar-refractivity contribution < 1.29 is 14.0 Å². The van der Waals surface area contributed by atoms with Gasteiger partial charge in [0.2, 0.25) is 5.91 Å². The number of carbonyl (C=O) groups excluding carboxylic acids is 2. The molecule has 2 aromatic rings. The van der Waals surface area contributed by atoms with E-state index in [-0.39, 0.29) is 23.6 Å². The Balaban J connectivity index is 1.74. The van der Waals surface area contributed by atoms with Gasteiger partial charge in [0.1, 0.15) is 0 Å². The molecule has 2 atom stereocenters. The minimum absolute atomic E-state index is 0.0628. The van der Waals surface area contributed by atoms with Crippen LogP contribution in [0.25, 0.3) is 0 Å². The molecule has 7 heteroatoms. The van der Waals surface area contributed by atoms with Gasteiger partial charge in [-0.15, -0.1) is 0 Å². The van der Waals surface area contributed by atoms with E-state index in [2.05, 4.69) is 10.6 Å². The predicted octanol–water partition coefficient (Wildman–Crippen LogP) is 3.64. The molecule has 1 heterocycles. The summed E-state index contributed by atoms with van der Waals surface area (Å²) in [6.45, 7) is 0. The fourth-order valence-electron chi connectivity index (χ4n) is 3.02. The summed E-state index contributed by atoms with van der Waals surface area (Å²) in [7, 11) is 0. The molecule has 1 saturated carbocycles. The zero-order valence-corrected chi connectivity index (χ0v) is 14.4. The molecule has 0 saturated heterocycles. The lowest BCUT2D eigenvalue weighted by Gasteiger charge is -2.26. The molecule has 25 heavy (non-hydrogen) atoms. The topological polar surface area (TPSA) is 97.4 Å². The van der Waals surface area contributed by atoms with Gasteiger partial charge in [0.15, 0.2) is 5.76 Å². The first-order valence-corrected chi connectivity index (χ1v) is 8.61. The van der Waals surface area contributed by atoms with E-state index in [1.54, 1.807) is 30.3 Å². The molecule has 0 spiro atoms. The van der Waals surface area contributed by atoms with E-state index in [0.717, 1.165) is 19.3 Å². The van der Waals surface area contributed by atoms with Gasteiger partial charge in [-0.05, 0) is 49.6 Å². The van der Waals surface area contributed by atoms with Gasteiger partial charge in [-0.1, -0.05) is 18.0 Å². The highest BCUT2D eigenvalue weighted by Gasteiger charge is 2.26. The Hall–Kier alpha value is -2.31. The van der Waals surface area contributed by atoms with Crippen molar-refractivity contribution in [2.45, 2.75) is 31.7 Å². The molecule has 0 bridgehead atoms. The van der Waals surface area contributed by atoms with Gasteiger partial charge in [-0.3, -0.25) is 9.59 Å². The number of furan rings is 1. The number of hydrogen-bond donors (Lipinski definition) is 3. The van der Waals surface area contributed by atoms with Gasteiger partial charge < -0.3 is 20.8 Å². The number of nitrogens with one attached hydrogen (secondary N) is 2. The van der Waals surface area contributed by atoms with Gasteiger partial charge in [0.25, 0.3) is 5.91 Å². The molecule has 0 aliphatic heterocycles. The van der Waals surface area contributed by atoms with Crippen LogP contribution in [0.4, 0.5) is 11.4 Å². The smallest absolute Gasteiger partial charge is 0.291 e. The SMILES string of the molecule is NC1CCCC(C(=O)Nc2ccc(Cl)cc2NC(=O)c2ccco2)C1. The van der Waals surface area contributed by atoms with Crippen molar-refractivity contribution >= 4 is 34.8 Å². The summed E-state index contributed by atoms with van der Waals surface area (Å²) in [4.78, 5) is 24.7. The average Bonchev–Trinajstić information content (AvgIpc) is 3.12. The van der Waals surface area contributed by atoms with Crippen LogP contribution in [0.2, 0.25) is 5.02 Å². The van der Waals surface area contributed by atoms with Gasteiger partial charge in [-0.25, -0.2) is 0 Å². The van der Waals surface area contributed by atoms with Crippen molar-refractivity contribution in [3.8, 4) is 0 Å². The van der Waals surface area contributed by atoms with Crippen LogP contribution in [0.1, 0.15) is 36.2 Å². The fraction of sp³-hybridized carbons (Fsp3) is 0.333. The largest absolute Gasteiger partial charge is 0.459 e. The summed E-state index contributed by atoms with van der Waals surface area (Å²) in [5, 5.41) is 6.05. The minimum Gasteiger partial charge on any atom is -0.459 e. The highest BCUT2D eigenvalue weighted by Crippen LogP contribution is 2.29. The minimum atomic E-state index is -0.414. The summed E-state index contributed by atoms with van der Waals surface area (Å²) < 4.78 is 5.08. The Morgan fingerprint density at radius 2 is 2.00 bits per heavy atom. The molecule has 1 aliphatic rings. The maximum absolute atomic E-state index is 12.5. The van der Waals surface area contributed by atoms with Crippen molar-refractivity contribution in [3.05, 3.63) is 47.4 Å². The summed E-state index contributed by atoms with van der Waals surface area (Å²) in [5.41, 5.74) is 6.87. The van der Waals surface area contributed by atoms with Crippen LogP contribution in [-0.2, 0) is 4.79 Å². The highest BCUT2D eigenvalue weighted by atomic mass is 35.5. The Bertz CT molecular complexity index is 761. The van der Waals surface area contributed by atoms with Crippen molar-refractivity contribution in [2.24, 2.45) is 11.7 Å². The van der Waals surface area contributed by atoms with E-state index in [1.165, 1.54) is 6.26 Å². The number of nitrogens with two attached hydrogens (primary N) is 1. The zero-order chi connectivity index (χ0) is 17.8. The monoisotopic (exact) mass is 361 g/mol. The molecule has 2 unspecified atom stereocenters. The Morgan fingerprint density at radius 1 is 1.16 bits per heavy atom. The summed E-state index contributed by atoms with van der Waals surface area (Å²) >= 11 is 6.03. The lowest BCUT2D eigenvalue weighted by atomic mass is 9.85. The number of halogens is 1. The number of benzene rings is 1. The van der Waals surface area contributed by atoms with Crippen LogP contribution in [0.5, 0.6) is 0 Å².